The molecular weight excluding hydrogens is 413 g/mol. The lowest BCUT2D eigenvalue weighted by Gasteiger charge is -2.28. The van der Waals surface area contributed by atoms with Gasteiger partial charge in [0.15, 0.2) is 5.82 Å². The van der Waals surface area contributed by atoms with Gasteiger partial charge in [0.25, 0.3) is 5.91 Å². The van der Waals surface area contributed by atoms with Crippen LogP contribution in [0, 0.1) is 6.92 Å². The maximum absolute atomic E-state index is 12.7. The summed E-state index contributed by atoms with van der Waals surface area (Å²) in [6.45, 7) is 4.52. The molecule has 31 heavy (non-hydrogen) atoms. The summed E-state index contributed by atoms with van der Waals surface area (Å²) in [4.78, 5) is 22.9. The van der Waals surface area contributed by atoms with Gasteiger partial charge in [-0.25, -0.2) is 14.6 Å². The normalized spacial score (nSPS) is 14.5. The molecular formula is C20H19F3N6O2. The molecule has 162 valence electrons. The predicted molar refractivity (Wildman–Crippen MR) is 106 cm³/mol. The number of carbonyl (C=O) groups excluding carboxylic acids is 1. The average Bonchev–Trinajstić information content (AvgIpc) is 3.16. The number of hydrogen-bond acceptors (Lipinski definition) is 6. The summed E-state index contributed by atoms with van der Waals surface area (Å²) in [7, 11) is 0. The van der Waals surface area contributed by atoms with Crippen LogP contribution in [-0.2, 0) is 10.9 Å². The molecule has 1 aliphatic rings. The topological polar surface area (TPSA) is 85.2 Å². The lowest BCUT2D eigenvalue weighted by Crippen LogP contribution is -2.36. The fraction of sp³-hybridized carbons (Fsp3) is 0.300. The molecule has 11 heteroatoms. The number of anilines is 2. The molecule has 1 saturated heterocycles. The van der Waals surface area contributed by atoms with Crippen LogP contribution >= 0.6 is 0 Å². The van der Waals surface area contributed by atoms with E-state index < -0.39 is 17.6 Å². The van der Waals surface area contributed by atoms with Gasteiger partial charge >= 0.3 is 6.18 Å². The van der Waals surface area contributed by atoms with Crippen LogP contribution in [0.25, 0.3) is 5.82 Å². The van der Waals surface area contributed by atoms with Gasteiger partial charge in [0.2, 0.25) is 0 Å². The second-order valence-electron chi connectivity index (χ2n) is 6.91. The van der Waals surface area contributed by atoms with Gasteiger partial charge < -0.3 is 15.0 Å². The Morgan fingerprint density at radius 1 is 1.06 bits per heavy atom. The minimum absolute atomic E-state index is 0.178. The number of amides is 1. The number of nitrogens with one attached hydrogen (secondary N) is 1. The molecule has 1 amide bonds. The van der Waals surface area contributed by atoms with E-state index in [0.717, 1.165) is 31.0 Å². The SMILES string of the molecule is Cc1c(C(=O)Nc2ccc(N3CCOCC3)cn2)cnn1-c1ccc(C(F)(F)F)cn1. The summed E-state index contributed by atoms with van der Waals surface area (Å²) in [6.07, 6.45) is -0.717. The smallest absolute Gasteiger partial charge is 0.378 e. The number of morpholine rings is 1. The Morgan fingerprint density at radius 3 is 2.45 bits per heavy atom. The summed E-state index contributed by atoms with van der Waals surface area (Å²) in [5, 5.41) is 6.80. The van der Waals surface area contributed by atoms with Gasteiger partial charge in [-0.15, -0.1) is 0 Å². The summed E-state index contributed by atoms with van der Waals surface area (Å²) in [5.74, 6) is 0.127. The van der Waals surface area contributed by atoms with E-state index in [2.05, 4.69) is 25.3 Å². The molecule has 0 unspecified atom stereocenters. The van der Waals surface area contributed by atoms with E-state index in [9.17, 15) is 18.0 Å². The minimum atomic E-state index is -4.47. The quantitative estimate of drug-likeness (QED) is 0.682. The monoisotopic (exact) mass is 432 g/mol. The standard InChI is InChI=1S/C20H19F3N6O2/c1-13-16(12-26-29(13)18-5-2-14(10-25-18)20(21,22)23)19(30)27-17-4-3-15(11-24-17)28-6-8-31-9-7-28/h2-5,10-12H,6-9H2,1H3,(H,24,27,30). The zero-order valence-electron chi connectivity index (χ0n) is 16.6. The lowest BCUT2D eigenvalue weighted by atomic mass is 10.2. The molecule has 3 aromatic heterocycles. The van der Waals surface area contributed by atoms with Crippen LogP contribution in [0.1, 0.15) is 21.6 Å². The van der Waals surface area contributed by atoms with E-state index in [1.165, 1.54) is 16.9 Å². The molecule has 1 N–H and O–H groups in total. The first-order valence-corrected chi connectivity index (χ1v) is 9.51. The van der Waals surface area contributed by atoms with Gasteiger partial charge in [0, 0.05) is 19.3 Å². The summed E-state index contributed by atoms with van der Waals surface area (Å²) < 4.78 is 44.8. The second-order valence-corrected chi connectivity index (χ2v) is 6.91. The first-order valence-electron chi connectivity index (χ1n) is 9.51. The van der Waals surface area contributed by atoms with Crippen molar-refractivity contribution in [2.75, 3.05) is 36.5 Å². The molecule has 8 nitrogen and oxygen atoms in total. The fourth-order valence-electron chi connectivity index (χ4n) is 3.19. The highest BCUT2D eigenvalue weighted by molar-refractivity contribution is 6.04. The Balaban J connectivity index is 1.46. The molecule has 0 atom stereocenters. The Kier molecular flexibility index (Phi) is 5.59. The molecule has 0 bridgehead atoms. The highest BCUT2D eigenvalue weighted by Crippen LogP contribution is 2.29. The Bertz CT molecular complexity index is 1060. The molecule has 0 aromatic carbocycles. The Labute approximate surface area is 175 Å². The van der Waals surface area contributed by atoms with Crippen LogP contribution in [-0.4, -0.2) is 52.0 Å². The molecule has 1 fully saturated rings. The zero-order chi connectivity index (χ0) is 22.0. The number of aromatic nitrogens is 4. The van der Waals surface area contributed by atoms with E-state index in [1.807, 2.05) is 6.07 Å². The zero-order valence-corrected chi connectivity index (χ0v) is 16.6. The number of rotatable bonds is 4. The van der Waals surface area contributed by atoms with Gasteiger partial charge in [-0.1, -0.05) is 0 Å². The van der Waals surface area contributed by atoms with E-state index >= 15 is 0 Å². The number of nitrogens with zero attached hydrogens (tertiary/aromatic N) is 5. The van der Waals surface area contributed by atoms with E-state index in [4.69, 9.17) is 4.74 Å². The number of carbonyl (C=O) groups is 1. The van der Waals surface area contributed by atoms with Crippen LogP contribution in [0.2, 0.25) is 0 Å². The van der Waals surface area contributed by atoms with Crippen molar-refractivity contribution in [2.45, 2.75) is 13.1 Å². The van der Waals surface area contributed by atoms with Crippen molar-refractivity contribution in [1.82, 2.24) is 19.7 Å². The minimum Gasteiger partial charge on any atom is -0.378 e. The molecule has 0 radical (unpaired) electrons. The number of halogens is 3. The molecule has 1 aliphatic heterocycles. The van der Waals surface area contributed by atoms with Gasteiger partial charge in [0.05, 0.1) is 48.1 Å². The van der Waals surface area contributed by atoms with Crippen molar-refractivity contribution in [3.63, 3.8) is 0 Å². The second kappa shape index (κ2) is 8.34. The molecule has 4 rings (SSSR count). The Morgan fingerprint density at radius 2 is 1.84 bits per heavy atom. The van der Waals surface area contributed by atoms with Crippen molar-refractivity contribution in [1.29, 1.82) is 0 Å². The number of ether oxygens (including phenoxy) is 1. The van der Waals surface area contributed by atoms with Crippen LogP contribution in [0.15, 0.2) is 42.9 Å². The number of hydrogen-bond donors (Lipinski definition) is 1. The number of pyridine rings is 2. The van der Waals surface area contributed by atoms with E-state index in [0.29, 0.717) is 24.7 Å². The van der Waals surface area contributed by atoms with Crippen molar-refractivity contribution in [3.05, 3.63) is 59.7 Å². The summed E-state index contributed by atoms with van der Waals surface area (Å²) in [6, 6.07) is 5.70. The molecule has 0 aliphatic carbocycles. The molecule has 3 aromatic rings. The predicted octanol–water partition coefficient (Wildman–Crippen LogP) is 3.08. The highest BCUT2D eigenvalue weighted by atomic mass is 19.4. The average molecular weight is 432 g/mol. The van der Waals surface area contributed by atoms with Gasteiger partial charge in [-0.3, -0.25) is 4.79 Å². The van der Waals surface area contributed by atoms with Crippen molar-refractivity contribution < 1.29 is 22.7 Å². The molecule has 0 saturated carbocycles. The van der Waals surface area contributed by atoms with Crippen LogP contribution < -0.4 is 10.2 Å². The molecule has 0 spiro atoms. The van der Waals surface area contributed by atoms with Crippen LogP contribution in [0.3, 0.4) is 0 Å². The van der Waals surface area contributed by atoms with Crippen molar-refractivity contribution >= 4 is 17.4 Å². The maximum atomic E-state index is 12.7. The third kappa shape index (κ3) is 4.50. The largest absolute Gasteiger partial charge is 0.417 e. The van der Waals surface area contributed by atoms with E-state index in [1.54, 1.807) is 19.2 Å². The molecule has 4 heterocycles. The van der Waals surface area contributed by atoms with E-state index in [-0.39, 0.29) is 11.4 Å². The van der Waals surface area contributed by atoms with Crippen molar-refractivity contribution in [2.24, 2.45) is 0 Å². The van der Waals surface area contributed by atoms with Gasteiger partial charge in [-0.05, 0) is 31.2 Å². The number of alkyl halides is 3. The van der Waals surface area contributed by atoms with Crippen LogP contribution in [0.4, 0.5) is 24.7 Å². The van der Waals surface area contributed by atoms with Gasteiger partial charge in [0.1, 0.15) is 5.82 Å². The van der Waals surface area contributed by atoms with Gasteiger partial charge in [-0.2, -0.15) is 18.3 Å². The highest BCUT2D eigenvalue weighted by Gasteiger charge is 2.30. The van der Waals surface area contributed by atoms with Crippen LogP contribution in [0.5, 0.6) is 0 Å². The Hall–Kier alpha value is -3.47. The first-order chi connectivity index (χ1) is 14.8. The summed E-state index contributed by atoms with van der Waals surface area (Å²) in [5.41, 5.74) is 0.791. The maximum Gasteiger partial charge on any atom is 0.417 e. The third-order valence-electron chi connectivity index (χ3n) is 4.91. The lowest BCUT2D eigenvalue weighted by molar-refractivity contribution is -0.137. The third-order valence-corrected chi connectivity index (χ3v) is 4.91. The fourth-order valence-corrected chi connectivity index (χ4v) is 3.19. The first kappa shape index (κ1) is 20.8. The summed E-state index contributed by atoms with van der Waals surface area (Å²) >= 11 is 0. The van der Waals surface area contributed by atoms with Crippen molar-refractivity contribution in [3.8, 4) is 5.82 Å².